The van der Waals surface area contributed by atoms with Crippen molar-refractivity contribution in [1.29, 1.82) is 0 Å². The van der Waals surface area contributed by atoms with Crippen LogP contribution in [0.3, 0.4) is 0 Å². The van der Waals surface area contributed by atoms with Crippen LogP contribution in [-0.2, 0) is 4.74 Å². The van der Waals surface area contributed by atoms with Gasteiger partial charge in [0.2, 0.25) is 0 Å². The summed E-state index contributed by atoms with van der Waals surface area (Å²) in [6, 6.07) is 16.1. The van der Waals surface area contributed by atoms with E-state index in [1.807, 2.05) is 41.3 Å². The van der Waals surface area contributed by atoms with E-state index >= 15 is 0 Å². The number of likely N-dealkylation sites (tertiary alicyclic amines) is 1. The predicted octanol–water partition coefficient (Wildman–Crippen LogP) is 2.92. The second kappa shape index (κ2) is 10.0. The number of likely N-dealkylation sites (N-methyl/N-ethyl adjacent to an activating group) is 1. The van der Waals surface area contributed by atoms with E-state index < -0.39 is 0 Å². The molecule has 5 nitrogen and oxygen atoms in total. The first-order valence-electron chi connectivity index (χ1n) is 10.3. The second-order valence-corrected chi connectivity index (χ2v) is 8.06. The standard InChI is InChI=1S/C24H32N2O3/c1-18-6-4-5-7-23(18)19-8-10-20(11-9-19)24(28)26-15-21(22(16-26)17-27)14-25(2)12-13-29-3/h4-11,21-22,27H,12-17H2,1-3H3/t21-,22-/m1/s1. The number of hydrogen-bond donors (Lipinski definition) is 1. The zero-order valence-corrected chi connectivity index (χ0v) is 17.7. The molecule has 2 aromatic carbocycles. The zero-order valence-electron chi connectivity index (χ0n) is 17.7. The quantitative estimate of drug-likeness (QED) is 0.745. The molecule has 1 aliphatic rings. The fraction of sp³-hybridized carbons (Fsp3) is 0.458. The third-order valence-electron chi connectivity index (χ3n) is 5.91. The minimum Gasteiger partial charge on any atom is -0.396 e. The lowest BCUT2D eigenvalue weighted by atomic mass is 9.96. The number of amides is 1. The van der Waals surface area contributed by atoms with Gasteiger partial charge in [-0.05, 0) is 48.7 Å². The van der Waals surface area contributed by atoms with Crippen molar-refractivity contribution >= 4 is 5.91 Å². The van der Waals surface area contributed by atoms with Gasteiger partial charge >= 0.3 is 0 Å². The van der Waals surface area contributed by atoms with Gasteiger partial charge in [-0.1, -0.05) is 36.4 Å². The molecule has 2 aromatic rings. The highest BCUT2D eigenvalue weighted by Crippen LogP contribution is 2.27. The molecule has 0 radical (unpaired) electrons. The van der Waals surface area contributed by atoms with Crippen LogP contribution in [0.4, 0.5) is 0 Å². The Morgan fingerprint density at radius 2 is 1.83 bits per heavy atom. The summed E-state index contributed by atoms with van der Waals surface area (Å²) in [5.74, 6) is 0.439. The van der Waals surface area contributed by atoms with Gasteiger partial charge in [0.05, 0.1) is 6.61 Å². The summed E-state index contributed by atoms with van der Waals surface area (Å²) in [4.78, 5) is 17.1. The molecule has 0 spiro atoms. The molecule has 0 unspecified atom stereocenters. The molecule has 29 heavy (non-hydrogen) atoms. The number of benzene rings is 2. The summed E-state index contributed by atoms with van der Waals surface area (Å²) in [5.41, 5.74) is 4.23. The Bertz CT molecular complexity index is 806. The van der Waals surface area contributed by atoms with Gasteiger partial charge in [0.15, 0.2) is 0 Å². The van der Waals surface area contributed by atoms with Crippen molar-refractivity contribution in [1.82, 2.24) is 9.80 Å². The number of nitrogens with zero attached hydrogens (tertiary/aromatic N) is 2. The third kappa shape index (κ3) is 5.24. The Labute approximate surface area is 173 Å². The average Bonchev–Trinajstić information content (AvgIpc) is 3.15. The first-order chi connectivity index (χ1) is 14.0. The zero-order chi connectivity index (χ0) is 20.8. The highest BCUT2D eigenvalue weighted by molar-refractivity contribution is 5.95. The van der Waals surface area contributed by atoms with Crippen molar-refractivity contribution in [3.63, 3.8) is 0 Å². The SMILES string of the molecule is COCCN(C)C[C@@H]1CN(C(=O)c2ccc(-c3ccccc3C)cc2)C[C@@H]1CO. The molecule has 2 atom stereocenters. The summed E-state index contributed by atoms with van der Waals surface area (Å²) in [5, 5.41) is 9.80. The lowest BCUT2D eigenvalue weighted by molar-refractivity contribution is 0.0778. The number of rotatable bonds is 8. The molecule has 1 aliphatic heterocycles. The molecular weight excluding hydrogens is 364 g/mol. The van der Waals surface area contributed by atoms with E-state index in [4.69, 9.17) is 4.74 Å². The van der Waals surface area contributed by atoms with Crippen LogP contribution in [0, 0.1) is 18.8 Å². The van der Waals surface area contributed by atoms with Gasteiger partial charge in [0.25, 0.3) is 5.91 Å². The van der Waals surface area contributed by atoms with E-state index in [0.29, 0.717) is 25.3 Å². The van der Waals surface area contributed by atoms with Crippen molar-refractivity contribution in [3.05, 3.63) is 59.7 Å². The van der Waals surface area contributed by atoms with Crippen LogP contribution in [0.15, 0.2) is 48.5 Å². The number of aliphatic hydroxyl groups excluding tert-OH is 1. The number of carbonyl (C=O) groups excluding carboxylic acids is 1. The number of ether oxygens (including phenoxy) is 1. The summed E-state index contributed by atoms with van der Waals surface area (Å²) in [6.45, 7) is 5.88. The molecule has 0 saturated carbocycles. The Balaban J connectivity index is 1.66. The summed E-state index contributed by atoms with van der Waals surface area (Å²) in [6.07, 6.45) is 0. The number of methoxy groups -OCH3 is 1. The first kappa shape index (κ1) is 21.5. The van der Waals surface area contributed by atoms with E-state index in [2.05, 4.69) is 31.0 Å². The Kier molecular flexibility index (Phi) is 7.42. The summed E-state index contributed by atoms with van der Waals surface area (Å²) >= 11 is 0. The van der Waals surface area contributed by atoms with Crippen molar-refractivity contribution in [2.24, 2.45) is 11.8 Å². The molecule has 5 heteroatoms. The molecule has 0 bridgehead atoms. The van der Waals surface area contributed by atoms with Crippen LogP contribution < -0.4 is 0 Å². The van der Waals surface area contributed by atoms with Gasteiger partial charge < -0.3 is 19.6 Å². The molecule has 1 heterocycles. The van der Waals surface area contributed by atoms with Crippen molar-refractivity contribution in [2.45, 2.75) is 6.92 Å². The summed E-state index contributed by atoms with van der Waals surface area (Å²) < 4.78 is 5.14. The maximum Gasteiger partial charge on any atom is 0.253 e. The molecule has 0 aromatic heterocycles. The summed E-state index contributed by atoms with van der Waals surface area (Å²) in [7, 11) is 3.76. The highest BCUT2D eigenvalue weighted by atomic mass is 16.5. The van der Waals surface area contributed by atoms with E-state index in [9.17, 15) is 9.90 Å². The van der Waals surface area contributed by atoms with E-state index in [1.165, 1.54) is 11.1 Å². The number of carbonyl (C=O) groups is 1. The van der Waals surface area contributed by atoms with Crippen LogP contribution in [0.5, 0.6) is 0 Å². The van der Waals surface area contributed by atoms with Gasteiger partial charge in [-0.3, -0.25) is 4.79 Å². The minimum atomic E-state index is 0.0434. The van der Waals surface area contributed by atoms with Crippen molar-refractivity contribution in [2.75, 3.05) is 53.6 Å². The lowest BCUT2D eigenvalue weighted by Gasteiger charge is -2.23. The Morgan fingerprint density at radius 1 is 1.14 bits per heavy atom. The van der Waals surface area contributed by atoms with E-state index in [-0.39, 0.29) is 24.3 Å². The van der Waals surface area contributed by atoms with Crippen LogP contribution in [0.1, 0.15) is 15.9 Å². The number of aliphatic hydroxyl groups is 1. The largest absolute Gasteiger partial charge is 0.396 e. The molecule has 3 rings (SSSR count). The third-order valence-corrected chi connectivity index (χ3v) is 5.91. The van der Waals surface area contributed by atoms with Gasteiger partial charge in [-0.25, -0.2) is 0 Å². The van der Waals surface area contributed by atoms with Crippen LogP contribution >= 0.6 is 0 Å². The minimum absolute atomic E-state index is 0.0434. The Hall–Kier alpha value is -2.21. The monoisotopic (exact) mass is 396 g/mol. The second-order valence-electron chi connectivity index (χ2n) is 8.06. The molecule has 1 fully saturated rings. The molecule has 156 valence electrons. The highest BCUT2D eigenvalue weighted by Gasteiger charge is 2.35. The predicted molar refractivity (Wildman–Crippen MR) is 116 cm³/mol. The Morgan fingerprint density at radius 3 is 2.48 bits per heavy atom. The molecule has 1 amide bonds. The first-order valence-corrected chi connectivity index (χ1v) is 10.3. The number of hydrogen-bond acceptors (Lipinski definition) is 4. The van der Waals surface area contributed by atoms with Crippen molar-refractivity contribution in [3.8, 4) is 11.1 Å². The topological polar surface area (TPSA) is 53.0 Å². The lowest BCUT2D eigenvalue weighted by Crippen LogP contribution is -2.33. The van der Waals surface area contributed by atoms with Gasteiger partial charge in [0, 0.05) is 51.4 Å². The van der Waals surface area contributed by atoms with Gasteiger partial charge in [0.1, 0.15) is 0 Å². The maximum absolute atomic E-state index is 13.0. The van der Waals surface area contributed by atoms with Crippen molar-refractivity contribution < 1.29 is 14.6 Å². The molecule has 1 N–H and O–H groups in total. The fourth-order valence-corrected chi connectivity index (χ4v) is 4.13. The normalized spacial score (nSPS) is 19.1. The van der Waals surface area contributed by atoms with E-state index in [1.54, 1.807) is 7.11 Å². The van der Waals surface area contributed by atoms with Crippen LogP contribution in [-0.4, -0.2) is 74.4 Å². The molecule has 1 saturated heterocycles. The average molecular weight is 397 g/mol. The van der Waals surface area contributed by atoms with E-state index in [0.717, 1.165) is 18.7 Å². The molecule has 0 aliphatic carbocycles. The van der Waals surface area contributed by atoms with Gasteiger partial charge in [-0.15, -0.1) is 0 Å². The smallest absolute Gasteiger partial charge is 0.253 e. The maximum atomic E-state index is 13.0. The number of aryl methyl sites for hydroxylation is 1. The fourth-order valence-electron chi connectivity index (χ4n) is 4.13. The van der Waals surface area contributed by atoms with Crippen LogP contribution in [0.25, 0.3) is 11.1 Å². The van der Waals surface area contributed by atoms with Gasteiger partial charge in [-0.2, -0.15) is 0 Å². The molecular formula is C24H32N2O3. The van der Waals surface area contributed by atoms with Crippen LogP contribution in [0.2, 0.25) is 0 Å².